The lowest BCUT2D eigenvalue weighted by Gasteiger charge is -2.34. The van der Waals surface area contributed by atoms with Gasteiger partial charge in [0.1, 0.15) is 5.60 Å². The Morgan fingerprint density at radius 3 is 2.17 bits per heavy atom. The van der Waals surface area contributed by atoms with Gasteiger partial charge < -0.3 is 31.2 Å². The van der Waals surface area contributed by atoms with Gasteiger partial charge in [0, 0.05) is 48.3 Å². The number of aliphatic imine (C=N–C) groups is 1. The second-order valence-electron chi connectivity index (χ2n) is 15.7. The number of rotatable bonds is 11. The highest BCUT2D eigenvalue weighted by Gasteiger charge is 2.33. The van der Waals surface area contributed by atoms with E-state index in [1.165, 1.54) is 18.3 Å². The van der Waals surface area contributed by atoms with Gasteiger partial charge >= 0.3 is 6.09 Å². The first-order valence-corrected chi connectivity index (χ1v) is 19.6. The average molecular weight is 753 g/mol. The Bertz CT molecular complexity index is 1900. The number of hydrazine groups is 1. The van der Waals surface area contributed by atoms with Crippen molar-refractivity contribution in [1.29, 1.82) is 0 Å². The maximum atomic E-state index is 13.7. The number of carbonyl (C=O) groups is 2. The lowest BCUT2D eigenvalue weighted by atomic mass is 9.86. The molecular weight excluding hydrogens is 697 g/mol. The number of aryl methyl sites for hydroxylation is 1. The van der Waals surface area contributed by atoms with E-state index < -0.39 is 21.5 Å². The molecule has 1 saturated carbocycles. The van der Waals surface area contributed by atoms with E-state index in [4.69, 9.17) is 31.8 Å². The molecule has 2 aromatic rings. The summed E-state index contributed by atoms with van der Waals surface area (Å²) in [4.78, 5) is 33.2. The third-order valence-corrected chi connectivity index (χ3v) is 9.48. The highest BCUT2D eigenvalue weighted by atomic mass is 32.2. The Labute approximate surface area is 313 Å². The molecule has 0 radical (unpaired) electrons. The summed E-state index contributed by atoms with van der Waals surface area (Å²) >= 11 is 0. The molecule has 2 amide bonds. The van der Waals surface area contributed by atoms with Crippen LogP contribution in [0.25, 0.3) is 0 Å². The minimum Gasteiger partial charge on any atom is -0.492 e. The molecule has 53 heavy (non-hydrogen) atoms. The largest absolute Gasteiger partial charge is 0.492 e. The number of likely N-dealkylation sites (tertiary alicyclic amines) is 1. The number of hydrogen-bond donors (Lipinski definition) is 5. The summed E-state index contributed by atoms with van der Waals surface area (Å²) in [6.07, 6.45) is 7.04. The molecular formula is C38H56N8O6S. The predicted octanol–water partition coefficient (Wildman–Crippen LogP) is 5.50. The summed E-state index contributed by atoms with van der Waals surface area (Å²) in [5, 5.41) is 4.24. The maximum absolute atomic E-state index is 13.7. The molecule has 290 valence electrons. The highest BCUT2D eigenvalue weighted by Crippen LogP contribution is 2.39. The van der Waals surface area contributed by atoms with Crippen molar-refractivity contribution in [1.82, 2.24) is 4.90 Å². The van der Waals surface area contributed by atoms with Gasteiger partial charge in [0.25, 0.3) is 5.91 Å². The van der Waals surface area contributed by atoms with E-state index >= 15 is 0 Å². The third-order valence-electron chi connectivity index (χ3n) is 8.89. The molecule has 0 aromatic heterocycles. The summed E-state index contributed by atoms with van der Waals surface area (Å²) in [5.74, 6) is 6.32. The zero-order valence-corrected chi connectivity index (χ0v) is 33.2. The number of nitrogens with two attached hydrogens (primary N) is 3. The van der Waals surface area contributed by atoms with E-state index in [0.29, 0.717) is 48.6 Å². The number of sulfonamides is 1. The normalized spacial score (nSPS) is 16.6. The quantitative estimate of drug-likeness (QED) is 0.0843. The number of nitrogens with one attached hydrogen (secondary N) is 2. The molecule has 2 aromatic carbocycles. The van der Waals surface area contributed by atoms with Crippen LogP contribution < -0.4 is 37.1 Å². The van der Waals surface area contributed by atoms with Crippen LogP contribution in [-0.4, -0.2) is 69.1 Å². The summed E-state index contributed by atoms with van der Waals surface area (Å²) in [6.45, 7) is 14.4. The molecule has 0 unspecified atom stereocenters. The number of allylic oxidation sites excluding steroid dienone is 1. The molecule has 1 saturated heterocycles. The van der Waals surface area contributed by atoms with Crippen LogP contribution in [0.3, 0.4) is 0 Å². The average Bonchev–Trinajstić information content (AvgIpc) is 3.87. The number of piperidine rings is 1. The van der Waals surface area contributed by atoms with Crippen LogP contribution in [0.1, 0.15) is 88.7 Å². The van der Waals surface area contributed by atoms with E-state index in [1.807, 2.05) is 48.5 Å². The van der Waals surface area contributed by atoms with Crippen molar-refractivity contribution in [2.45, 2.75) is 91.2 Å². The van der Waals surface area contributed by atoms with Crippen LogP contribution in [-0.2, 0) is 20.2 Å². The van der Waals surface area contributed by atoms with E-state index in [9.17, 15) is 18.0 Å². The van der Waals surface area contributed by atoms with Gasteiger partial charge in [0.05, 0.1) is 42.2 Å². The predicted molar refractivity (Wildman–Crippen MR) is 211 cm³/mol. The van der Waals surface area contributed by atoms with Crippen LogP contribution in [0.2, 0.25) is 0 Å². The molecule has 0 spiro atoms. The fraction of sp³-hybridized carbons (Fsp3) is 0.500. The molecule has 8 N–H and O–H groups in total. The van der Waals surface area contributed by atoms with Gasteiger partial charge in [0.15, 0.2) is 5.75 Å². The van der Waals surface area contributed by atoms with Crippen LogP contribution in [0.4, 0.5) is 21.9 Å². The summed E-state index contributed by atoms with van der Waals surface area (Å²) in [6, 6.07) is 8.73. The topological polar surface area (TPSA) is 208 Å². The molecule has 1 aliphatic heterocycles. The van der Waals surface area contributed by atoms with Crippen molar-refractivity contribution >= 4 is 44.8 Å². The van der Waals surface area contributed by atoms with Crippen LogP contribution in [0, 0.1) is 12.8 Å². The Morgan fingerprint density at radius 2 is 1.64 bits per heavy atom. The highest BCUT2D eigenvalue weighted by molar-refractivity contribution is 7.92. The van der Waals surface area contributed by atoms with Crippen molar-refractivity contribution in [3.63, 3.8) is 0 Å². The van der Waals surface area contributed by atoms with Gasteiger partial charge in [-0.1, -0.05) is 26.8 Å². The molecule has 1 aliphatic carbocycles. The molecule has 0 atom stereocenters. The fourth-order valence-electron chi connectivity index (χ4n) is 5.95. The van der Waals surface area contributed by atoms with Crippen LogP contribution in [0.15, 0.2) is 59.0 Å². The molecule has 15 heteroatoms. The van der Waals surface area contributed by atoms with E-state index in [2.05, 4.69) is 10.0 Å². The van der Waals surface area contributed by atoms with E-state index in [1.54, 1.807) is 41.4 Å². The first-order chi connectivity index (χ1) is 24.6. The lowest BCUT2D eigenvalue weighted by Crippen LogP contribution is -2.43. The van der Waals surface area contributed by atoms with Gasteiger partial charge in [-0.3, -0.25) is 19.5 Å². The van der Waals surface area contributed by atoms with Crippen molar-refractivity contribution in [2.24, 2.45) is 28.2 Å². The molecule has 0 bridgehead atoms. The number of amides is 2. The van der Waals surface area contributed by atoms with Crippen molar-refractivity contribution in [2.75, 3.05) is 41.5 Å². The smallest absolute Gasteiger partial charge is 0.410 e. The zero-order chi connectivity index (χ0) is 39.5. The third kappa shape index (κ3) is 11.1. The second-order valence-corrected chi connectivity index (χ2v) is 17.5. The van der Waals surface area contributed by atoms with Crippen LogP contribution in [0.5, 0.6) is 5.75 Å². The van der Waals surface area contributed by atoms with Crippen LogP contribution >= 0.6 is 0 Å². The number of ether oxygens (including phenoxy) is 2. The summed E-state index contributed by atoms with van der Waals surface area (Å²) in [7, 11) is -2.25. The number of anilines is 3. The minimum atomic E-state index is -3.65. The van der Waals surface area contributed by atoms with Gasteiger partial charge in [-0.2, -0.15) is 0 Å². The fourth-order valence-corrected chi connectivity index (χ4v) is 6.50. The van der Waals surface area contributed by atoms with E-state index in [-0.39, 0.29) is 40.5 Å². The Hall–Kier alpha value is -4.76. The SMILES string of the molecule is COc1c(NC(=O)c2ccc(C)c(N(N)C=C(N)C(=CN)C(=NC3CC3)C3CCN(C(=O)OC(C)(C)C)CC3)c2)cc(C(C)(C)C)cc1NS(C)(=O)=O. The Balaban J connectivity index is 1.58. The van der Waals surface area contributed by atoms with Crippen molar-refractivity contribution < 1.29 is 27.5 Å². The second kappa shape index (κ2) is 16.1. The van der Waals surface area contributed by atoms with Gasteiger partial charge in [-0.15, -0.1) is 0 Å². The zero-order valence-electron chi connectivity index (χ0n) is 32.4. The van der Waals surface area contributed by atoms with Crippen molar-refractivity contribution in [3.8, 4) is 5.75 Å². The van der Waals surface area contributed by atoms with Gasteiger partial charge in [0.2, 0.25) is 10.0 Å². The minimum absolute atomic E-state index is 0.0259. The van der Waals surface area contributed by atoms with E-state index in [0.717, 1.165) is 35.9 Å². The Kier molecular flexibility index (Phi) is 12.4. The molecule has 14 nitrogen and oxygen atoms in total. The van der Waals surface area contributed by atoms with Gasteiger partial charge in [-0.05, 0) is 94.2 Å². The maximum Gasteiger partial charge on any atom is 0.410 e. The molecule has 2 fully saturated rings. The summed E-state index contributed by atoms with van der Waals surface area (Å²) < 4.78 is 38.0. The Morgan fingerprint density at radius 1 is 1.02 bits per heavy atom. The first-order valence-electron chi connectivity index (χ1n) is 17.7. The summed E-state index contributed by atoms with van der Waals surface area (Å²) in [5.41, 5.74) is 16.5. The standard InChI is InChI=1S/C38H56N8O6S/c1-23-10-11-25(35(47)43-30-19-26(37(2,3)4)20-31(34(30)51-8)44-53(9,49)50)18-32(23)46(41)22-29(40)28(21-39)33(42-27-12-13-27)24-14-16-45(17-15-24)36(48)52-38(5,6)7/h10-11,18-22,24,27,44H,12-17,39-41H2,1-9H3,(H,43,47). The molecule has 1 heterocycles. The number of hydrogen-bond acceptors (Lipinski definition) is 11. The number of methoxy groups -OCH3 is 1. The lowest BCUT2D eigenvalue weighted by molar-refractivity contribution is 0.0201. The molecule has 4 rings (SSSR count). The monoisotopic (exact) mass is 752 g/mol. The van der Waals surface area contributed by atoms with Crippen molar-refractivity contribution in [3.05, 3.63) is 70.7 Å². The number of nitrogens with zero attached hydrogens (tertiary/aromatic N) is 3. The van der Waals surface area contributed by atoms with Gasteiger partial charge in [-0.25, -0.2) is 19.1 Å². The number of benzene rings is 2. The number of carbonyl (C=O) groups excluding carboxylic acids is 2. The first kappa shape index (κ1) is 41.0. The molecule has 2 aliphatic rings.